The van der Waals surface area contributed by atoms with Gasteiger partial charge in [0.1, 0.15) is 9.79 Å². The molecular weight excluding hydrogens is 304 g/mol. The van der Waals surface area contributed by atoms with E-state index in [9.17, 15) is 16.8 Å². The van der Waals surface area contributed by atoms with Crippen molar-refractivity contribution in [2.45, 2.75) is 9.79 Å². The summed E-state index contributed by atoms with van der Waals surface area (Å²) >= 11 is 5.71. The van der Waals surface area contributed by atoms with Crippen LogP contribution in [0.25, 0.3) is 0 Å². The largest absolute Gasteiger partial charge is 0.369 e. The summed E-state index contributed by atoms with van der Waals surface area (Å²) in [6.07, 6.45) is 0. The fourth-order valence-electron chi connectivity index (χ4n) is 1.40. The Morgan fingerprint density at radius 3 is 2.50 bits per heavy atom. The van der Waals surface area contributed by atoms with Crippen LogP contribution in [0, 0.1) is 0 Å². The van der Waals surface area contributed by atoms with Crippen molar-refractivity contribution in [3.63, 3.8) is 0 Å². The van der Waals surface area contributed by atoms with Crippen molar-refractivity contribution in [1.82, 2.24) is 0 Å². The van der Waals surface area contributed by atoms with Gasteiger partial charge in [-0.1, -0.05) is 11.6 Å². The van der Waals surface area contributed by atoms with Gasteiger partial charge in [0.25, 0.3) is 10.0 Å². The summed E-state index contributed by atoms with van der Waals surface area (Å²) in [6.45, 7) is 0. The Bertz CT molecular complexity index is 769. The first-order valence-electron chi connectivity index (χ1n) is 4.35. The number of benzene rings is 1. The lowest BCUT2D eigenvalue weighted by molar-refractivity contribution is 0.596. The molecule has 2 rings (SSSR count). The summed E-state index contributed by atoms with van der Waals surface area (Å²) < 4.78 is 49.0. The minimum absolute atomic E-state index is 0.0416. The minimum atomic E-state index is -4.13. The molecule has 0 unspecified atom stereocenters. The van der Waals surface area contributed by atoms with Crippen molar-refractivity contribution in [2.24, 2.45) is 15.3 Å². The van der Waals surface area contributed by atoms with Gasteiger partial charge in [-0.05, 0) is 12.1 Å². The van der Waals surface area contributed by atoms with Crippen molar-refractivity contribution in [1.29, 1.82) is 0 Å². The second kappa shape index (κ2) is 3.82. The van der Waals surface area contributed by atoms with Gasteiger partial charge in [-0.15, -0.1) is 4.40 Å². The van der Waals surface area contributed by atoms with Crippen LogP contribution in [0.15, 0.2) is 26.3 Å². The average Bonchev–Trinajstić information content (AvgIpc) is 2.12. The van der Waals surface area contributed by atoms with Gasteiger partial charge < -0.3 is 11.1 Å². The SMILES string of the molecule is NC1=NS(=O)(=O)c2cc(S(N)(=O)=O)c(Cl)cc2N1. The molecule has 1 aliphatic heterocycles. The molecule has 11 heteroatoms. The minimum Gasteiger partial charge on any atom is -0.369 e. The maximum Gasteiger partial charge on any atom is 0.287 e. The molecule has 0 radical (unpaired) electrons. The van der Waals surface area contributed by atoms with E-state index in [-0.39, 0.29) is 21.6 Å². The lowest BCUT2D eigenvalue weighted by Gasteiger charge is -2.16. The third-order valence-electron chi connectivity index (χ3n) is 2.10. The highest BCUT2D eigenvalue weighted by atomic mass is 35.5. The van der Waals surface area contributed by atoms with Gasteiger partial charge in [0.2, 0.25) is 16.0 Å². The summed E-state index contributed by atoms with van der Waals surface area (Å²) in [6, 6.07) is 1.95. The Balaban J connectivity index is 2.82. The number of nitrogens with one attached hydrogen (secondary N) is 1. The number of rotatable bonds is 1. The van der Waals surface area contributed by atoms with Gasteiger partial charge in [-0.3, -0.25) is 0 Å². The Morgan fingerprint density at radius 2 is 1.94 bits per heavy atom. The molecule has 0 aromatic heterocycles. The van der Waals surface area contributed by atoms with E-state index < -0.39 is 24.9 Å². The first kappa shape index (κ1) is 13.1. The average molecular weight is 311 g/mol. The van der Waals surface area contributed by atoms with Gasteiger partial charge in [0.15, 0.2) is 0 Å². The van der Waals surface area contributed by atoms with Crippen molar-refractivity contribution >= 4 is 43.3 Å². The molecule has 1 aliphatic rings. The van der Waals surface area contributed by atoms with Crippen molar-refractivity contribution in [3.05, 3.63) is 17.2 Å². The molecule has 0 amide bonds. The molecule has 8 nitrogen and oxygen atoms in total. The number of hydrogen-bond acceptors (Lipinski definition) is 6. The molecular formula is C7H7ClN4O4S2. The normalized spacial score (nSPS) is 17.6. The number of nitrogens with two attached hydrogens (primary N) is 2. The molecule has 0 aliphatic carbocycles. The summed E-state index contributed by atoms with van der Waals surface area (Å²) in [5.74, 6) is -0.332. The van der Waals surface area contributed by atoms with E-state index >= 15 is 0 Å². The number of guanidine groups is 1. The fraction of sp³-hybridized carbons (Fsp3) is 0. The first-order valence-corrected chi connectivity index (χ1v) is 7.71. The Morgan fingerprint density at radius 1 is 1.33 bits per heavy atom. The quantitative estimate of drug-likeness (QED) is 0.632. The molecule has 18 heavy (non-hydrogen) atoms. The summed E-state index contributed by atoms with van der Waals surface area (Å²) in [7, 11) is -8.20. The van der Waals surface area contributed by atoms with Crippen LogP contribution in [0.4, 0.5) is 5.69 Å². The van der Waals surface area contributed by atoms with E-state index in [1.54, 1.807) is 0 Å². The Labute approximate surface area is 108 Å². The van der Waals surface area contributed by atoms with E-state index in [1.165, 1.54) is 0 Å². The van der Waals surface area contributed by atoms with Crippen LogP contribution in [0.2, 0.25) is 5.02 Å². The monoisotopic (exact) mass is 310 g/mol. The maximum absolute atomic E-state index is 11.7. The van der Waals surface area contributed by atoms with Gasteiger partial charge in [-0.2, -0.15) is 8.42 Å². The van der Waals surface area contributed by atoms with Crippen molar-refractivity contribution in [2.75, 3.05) is 5.32 Å². The van der Waals surface area contributed by atoms with Crippen LogP contribution < -0.4 is 16.2 Å². The number of hydrogen-bond donors (Lipinski definition) is 3. The number of sulfonamides is 2. The van der Waals surface area contributed by atoms with Crippen LogP contribution in [0.3, 0.4) is 0 Å². The van der Waals surface area contributed by atoms with Gasteiger partial charge in [-0.25, -0.2) is 13.6 Å². The highest BCUT2D eigenvalue weighted by molar-refractivity contribution is 7.91. The van der Waals surface area contributed by atoms with E-state index in [0.717, 1.165) is 12.1 Å². The molecule has 0 saturated carbocycles. The summed E-state index contributed by atoms with van der Waals surface area (Å²) in [5.41, 5.74) is 5.31. The van der Waals surface area contributed by atoms with Crippen LogP contribution in [0.5, 0.6) is 0 Å². The zero-order valence-electron chi connectivity index (χ0n) is 8.58. The third kappa shape index (κ3) is 2.14. The van der Waals surface area contributed by atoms with Crippen LogP contribution in [-0.2, 0) is 20.0 Å². The van der Waals surface area contributed by atoms with Gasteiger partial charge >= 0.3 is 0 Å². The highest BCUT2D eigenvalue weighted by Crippen LogP contribution is 2.33. The second-order valence-corrected chi connectivity index (χ2v) is 6.91. The van der Waals surface area contributed by atoms with E-state index in [2.05, 4.69) is 9.71 Å². The summed E-state index contributed by atoms with van der Waals surface area (Å²) in [5, 5.41) is 7.17. The third-order valence-corrected chi connectivity index (χ3v) is 4.81. The molecule has 0 bridgehead atoms. The van der Waals surface area contributed by atoms with Gasteiger partial charge in [0.05, 0.1) is 10.7 Å². The smallest absolute Gasteiger partial charge is 0.287 e. The molecule has 1 aromatic carbocycles. The predicted molar refractivity (Wildman–Crippen MR) is 65.3 cm³/mol. The van der Waals surface area contributed by atoms with Crippen molar-refractivity contribution < 1.29 is 16.8 Å². The van der Waals surface area contributed by atoms with Crippen LogP contribution in [-0.4, -0.2) is 22.8 Å². The molecule has 1 heterocycles. The molecule has 0 spiro atoms. The molecule has 0 saturated heterocycles. The number of nitrogens with zero attached hydrogens (tertiary/aromatic N) is 1. The molecule has 1 aromatic rings. The van der Waals surface area contributed by atoms with Crippen molar-refractivity contribution in [3.8, 4) is 0 Å². The lowest BCUT2D eigenvalue weighted by atomic mass is 10.3. The van der Waals surface area contributed by atoms with Crippen LogP contribution in [0.1, 0.15) is 0 Å². The molecule has 0 fully saturated rings. The zero-order valence-corrected chi connectivity index (χ0v) is 11.0. The zero-order chi connectivity index (χ0) is 13.7. The number of fused-ring (bicyclic) bond motifs is 1. The maximum atomic E-state index is 11.7. The second-order valence-electron chi connectivity index (χ2n) is 3.40. The lowest BCUT2D eigenvalue weighted by Crippen LogP contribution is -2.29. The first-order chi connectivity index (χ1) is 8.11. The standard InChI is InChI=1S/C7H7ClN4O4S2/c8-3-1-4-6(2-5(3)17(10,13)14)18(15,16)12-7(9)11-4/h1-2H,(H3,9,11,12)(H2,10,13,14). The topological polar surface area (TPSA) is 145 Å². The fourth-order valence-corrected chi connectivity index (χ4v) is 3.63. The molecule has 5 N–H and O–H groups in total. The number of primary sulfonamides is 1. The van der Waals surface area contributed by atoms with E-state index in [4.69, 9.17) is 22.5 Å². The summed E-state index contributed by atoms with van der Waals surface area (Å²) in [4.78, 5) is -0.853. The number of halogens is 1. The van der Waals surface area contributed by atoms with Gasteiger partial charge in [0, 0.05) is 0 Å². The number of anilines is 1. The van der Waals surface area contributed by atoms with Crippen LogP contribution >= 0.6 is 11.6 Å². The van der Waals surface area contributed by atoms with E-state index in [1.807, 2.05) is 0 Å². The molecule has 98 valence electrons. The predicted octanol–water partition coefficient (Wildman–Crippen LogP) is -0.584. The van der Waals surface area contributed by atoms with E-state index in [0.29, 0.717) is 0 Å². The highest BCUT2D eigenvalue weighted by Gasteiger charge is 2.27. The Hall–Kier alpha value is -1.36. The molecule has 0 atom stereocenters. The Kier molecular flexibility index (Phi) is 2.77.